The van der Waals surface area contributed by atoms with E-state index in [1.165, 1.54) is 0 Å². The second-order valence-electron chi connectivity index (χ2n) is 3.69. The minimum Gasteiger partial charge on any atom is -0.395 e. The Hall–Kier alpha value is -0.610. The lowest BCUT2D eigenvalue weighted by Gasteiger charge is -2.14. The van der Waals surface area contributed by atoms with Crippen molar-refractivity contribution in [1.29, 1.82) is 0 Å². The topological polar surface area (TPSA) is 61.4 Å². The van der Waals surface area contributed by atoms with E-state index in [1.807, 2.05) is 13.8 Å². The van der Waals surface area contributed by atoms with Crippen LogP contribution in [-0.4, -0.2) is 23.7 Å². The molecule has 0 aliphatic heterocycles. The fourth-order valence-electron chi connectivity index (χ4n) is 0.950. The van der Waals surface area contributed by atoms with E-state index >= 15 is 0 Å². The van der Waals surface area contributed by atoms with Crippen molar-refractivity contribution in [1.82, 2.24) is 10.9 Å². The minimum absolute atomic E-state index is 0.0430. The van der Waals surface area contributed by atoms with Crippen LogP contribution in [0.3, 0.4) is 0 Å². The highest BCUT2D eigenvalue weighted by molar-refractivity contribution is 5.84. The van der Waals surface area contributed by atoms with Gasteiger partial charge in [0.25, 0.3) is 0 Å². The molecule has 3 N–H and O–H groups in total. The number of hydrazine groups is 1. The van der Waals surface area contributed by atoms with E-state index < -0.39 is 5.41 Å². The Balaban J connectivity index is 2.29. The standard InChI is InChI=1S/C8H16N2O2/c1-6(2)9-10-7(12)8(5-11)3-4-8/h6,9,11H,3-5H2,1-2H3,(H,10,12). The van der Waals surface area contributed by atoms with Gasteiger partial charge in [-0.25, -0.2) is 5.43 Å². The van der Waals surface area contributed by atoms with E-state index in [4.69, 9.17) is 5.11 Å². The zero-order valence-corrected chi connectivity index (χ0v) is 7.55. The smallest absolute Gasteiger partial charge is 0.242 e. The predicted octanol–water partition coefficient (Wildman–Crippen LogP) is -0.212. The Kier molecular flexibility index (Phi) is 2.69. The Morgan fingerprint density at radius 3 is 2.50 bits per heavy atom. The van der Waals surface area contributed by atoms with Crippen LogP contribution in [0.15, 0.2) is 0 Å². The van der Waals surface area contributed by atoms with Gasteiger partial charge in [0.2, 0.25) is 5.91 Å². The maximum atomic E-state index is 11.3. The van der Waals surface area contributed by atoms with Gasteiger partial charge in [0, 0.05) is 6.04 Å². The Labute approximate surface area is 72.3 Å². The summed E-state index contributed by atoms with van der Waals surface area (Å²) in [5.74, 6) is -0.0845. The molecule has 0 aromatic heterocycles. The second kappa shape index (κ2) is 3.41. The van der Waals surface area contributed by atoms with Crippen LogP contribution in [0.25, 0.3) is 0 Å². The molecular formula is C8H16N2O2. The van der Waals surface area contributed by atoms with E-state index in [0.29, 0.717) is 0 Å². The molecule has 0 saturated heterocycles. The maximum absolute atomic E-state index is 11.3. The summed E-state index contributed by atoms with van der Waals surface area (Å²) in [6.45, 7) is 3.84. The summed E-state index contributed by atoms with van der Waals surface area (Å²) in [6.07, 6.45) is 1.60. The van der Waals surface area contributed by atoms with E-state index in [-0.39, 0.29) is 18.6 Å². The molecule has 0 heterocycles. The number of hydrogen-bond donors (Lipinski definition) is 3. The van der Waals surface area contributed by atoms with Crippen LogP contribution in [0.5, 0.6) is 0 Å². The first kappa shape index (κ1) is 9.48. The first-order valence-electron chi connectivity index (χ1n) is 4.27. The molecule has 1 fully saturated rings. The molecule has 0 unspecified atom stereocenters. The van der Waals surface area contributed by atoms with Gasteiger partial charge in [0.1, 0.15) is 0 Å². The summed E-state index contributed by atoms with van der Waals surface area (Å²) in [6, 6.07) is 0.225. The molecule has 12 heavy (non-hydrogen) atoms. The second-order valence-corrected chi connectivity index (χ2v) is 3.69. The summed E-state index contributed by atoms with van der Waals surface area (Å²) in [5.41, 5.74) is 4.93. The third kappa shape index (κ3) is 1.95. The number of aliphatic hydroxyl groups is 1. The number of hydrogen-bond acceptors (Lipinski definition) is 3. The monoisotopic (exact) mass is 172 g/mol. The minimum atomic E-state index is -0.470. The quantitative estimate of drug-likeness (QED) is 0.514. The fraction of sp³-hybridized carbons (Fsp3) is 0.875. The molecular weight excluding hydrogens is 156 g/mol. The van der Waals surface area contributed by atoms with Gasteiger partial charge in [0.15, 0.2) is 0 Å². The zero-order chi connectivity index (χ0) is 9.19. The van der Waals surface area contributed by atoms with Crippen LogP contribution in [0.4, 0.5) is 0 Å². The largest absolute Gasteiger partial charge is 0.395 e. The van der Waals surface area contributed by atoms with Crippen LogP contribution >= 0.6 is 0 Å². The molecule has 4 heteroatoms. The summed E-state index contributed by atoms with van der Waals surface area (Å²) >= 11 is 0. The van der Waals surface area contributed by atoms with Gasteiger partial charge in [-0.1, -0.05) is 0 Å². The molecule has 0 aromatic carbocycles. The molecule has 0 bridgehead atoms. The molecule has 0 aromatic rings. The number of carbonyl (C=O) groups excluding carboxylic acids is 1. The average Bonchev–Trinajstić information content (AvgIpc) is 2.80. The van der Waals surface area contributed by atoms with Crippen LogP contribution < -0.4 is 10.9 Å². The van der Waals surface area contributed by atoms with Crippen molar-refractivity contribution in [3.8, 4) is 0 Å². The number of carbonyl (C=O) groups is 1. The molecule has 1 saturated carbocycles. The van der Waals surface area contributed by atoms with E-state index in [9.17, 15) is 4.79 Å². The van der Waals surface area contributed by atoms with Crippen molar-refractivity contribution in [3.63, 3.8) is 0 Å². The summed E-state index contributed by atoms with van der Waals surface area (Å²) in [5, 5.41) is 8.90. The summed E-state index contributed by atoms with van der Waals surface area (Å²) < 4.78 is 0. The van der Waals surface area contributed by atoms with E-state index in [2.05, 4.69) is 10.9 Å². The molecule has 1 aliphatic rings. The zero-order valence-electron chi connectivity index (χ0n) is 7.55. The lowest BCUT2D eigenvalue weighted by atomic mass is 10.1. The van der Waals surface area contributed by atoms with Crippen molar-refractivity contribution < 1.29 is 9.90 Å². The van der Waals surface area contributed by atoms with Crippen molar-refractivity contribution in [2.75, 3.05) is 6.61 Å². The summed E-state index contributed by atoms with van der Waals surface area (Å²) in [7, 11) is 0. The molecule has 0 spiro atoms. The Morgan fingerprint density at radius 1 is 1.58 bits per heavy atom. The molecule has 1 aliphatic carbocycles. The third-order valence-electron chi connectivity index (χ3n) is 2.11. The van der Waals surface area contributed by atoms with Crippen LogP contribution in [0.2, 0.25) is 0 Å². The number of nitrogens with one attached hydrogen (secondary N) is 2. The number of aliphatic hydroxyl groups excluding tert-OH is 1. The first-order chi connectivity index (χ1) is 5.60. The van der Waals surface area contributed by atoms with Crippen LogP contribution in [0, 0.1) is 5.41 Å². The van der Waals surface area contributed by atoms with Gasteiger partial charge in [-0.2, -0.15) is 0 Å². The lowest BCUT2D eigenvalue weighted by Crippen LogP contribution is -2.46. The fourth-order valence-corrected chi connectivity index (χ4v) is 0.950. The van der Waals surface area contributed by atoms with Gasteiger partial charge < -0.3 is 5.11 Å². The van der Waals surface area contributed by atoms with E-state index in [0.717, 1.165) is 12.8 Å². The molecule has 0 radical (unpaired) electrons. The first-order valence-corrected chi connectivity index (χ1v) is 4.27. The maximum Gasteiger partial charge on any atom is 0.242 e. The van der Waals surface area contributed by atoms with Gasteiger partial charge >= 0.3 is 0 Å². The van der Waals surface area contributed by atoms with Crippen molar-refractivity contribution in [3.05, 3.63) is 0 Å². The third-order valence-corrected chi connectivity index (χ3v) is 2.11. The van der Waals surface area contributed by atoms with E-state index in [1.54, 1.807) is 0 Å². The van der Waals surface area contributed by atoms with Gasteiger partial charge in [0.05, 0.1) is 12.0 Å². The van der Waals surface area contributed by atoms with Crippen molar-refractivity contribution >= 4 is 5.91 Å². The highest BCUT2D eigenvalue weighted by Crippen LogP contribution is 2.44. The van der Waals surface area contributed by atoms with Gasteiger partial charge in [-0.3, -0.25) is 10.2 Å². The lowest BCUT2D eigenvalue weighted by molar-refractivity contribution is -0.128. The van der Waals surface area contributed by atoms with Crippen molar-refractivity contribution in [2.45, 2.75) is 32.7 Å². The molecule has 70 valence electrons. The van der Waals surface area contributed by atoms with Crippen molar-refractivity contribution in [2.24, 2.45) is 5.41 Å². The highest BCUT2D eigenvalue weighted by Gasteiger charge is 2.49. The Bertz CT molecular complexity index is 176. The predicted molar refractivity (Wildman–Crippen MR) is 45.2 cm³/mol. The average molecular weight is 172 g/mol. The van der Waals surface area contributed by atoms with Gasteiger partial charge in [-0.05, 0) is 26.7 Å². The van der Waals surface area contributed by atoms with Crippen LogP contribution in [-0.2, 0) is 4.79 Å². The van der Waals surface area contributed by atoms with Crippen LogP contribution in [0.1, 0.15) is 26.7 Å². The molecule has 0 atom stereocenters. The molecule has 1 amide bonds. The normalized spacial score (nSPS) is 19.3. The SMILES string of the molecule is CC(C)NNC(=O)C1(CO)CC1. The molecule has 4 nitrogen and oxygen atoms in total. The summed E-state index contributed by atoms with van der Waals surface area (Å²) in [4.78, 5) is 11.3. The molecule has 1 rings (SSSR count). The number of rotatable bonds is 4. The highest BCUT2D eigenvalue weighted by atomic mass is 16.3. The Morgan fingerprint density at radius 2 is 2.17 bits per heavy atom. The van der Waals surface area contributed by atoms with Gasteiger partial charge in [-0.15, -0.1) is 0 Å². The number of amides is 1.